The average Bonchev–Trinajstić information content (AvgIpc) is 2.91. The second-order valence-corrected chi connectivity index (χ2v) is 5.86. The van der Waals surface area contributed by atoms with Crippen LogP contribution in [0.1, 0.15) is 30.4 Å². The van der Waals surface area contributed by atoms with Crippen LogP contribution in [0.15, 0.2) is 12.1 Å². The van der Waals surface area contributed by atoms with Gasteiger partial charge in [0, 0.05) is 25.2 Å². The molecule has 2 atom stereocenters. The van der Waals surface area contributed by atoms with Crippen LogP contribution in [0.4, 0.5) is 0 Å². The van der Waals surface area contributed by atoms with Crippen LogP contribution in [0.5, 0.6) is 11.5 Å². The van der Waals surface area contributed by atoms with Crippen molar-refractivity contribution in [2.75, 3.05) is 20.8 Å². The van der Waals surface area contributed by atoms with Gasteiger partial charge in [0.05, 0.1) is 14.2 Å². The zero-order valence-corrected chi connectivity index (χ0v) is 12.4. The van der Waals surface area contributed by atoms with Crippen LogP contribution in [0.25, 0.3) is 0 Å². The lowest BCUT2D eigenvalue weighted by molar-refractivity contribution is 0.168. The van der Waals surface area contributed by atoms with Crippen molar-refractivity contribution in [3.8, 4) is 11.5 Å². The second kappa shape index (κ2) is 5.62. The molecule has 2 N–H and O–H groups in total. The van der Waals surface area contributed by atoms with Crippen LogP contribution in [-0.4, -0.2) is 37.7 Å². The van der Waals surface area contributed by atoms with Crippen molar-refractivity contribution in [1.82, 2.24) is 4.90 Å². The lowest BCUT2D eigenvalue weighted by Gasteiger charge is -2.36. The Hall–Kier alpha value is -1.26. The third-order valence-corrected chi connectivity index (χ3v) is 4.75. The second-order valence-electron chi connectivity index (χ2n) is 5.86. The largest absolute Gasteiger partial charge is 0.493 e. The quantitative estimate of drug-likeness (QED) is 0.916. The van der Waals surface area contributed by atoms with E-state index in [2.05, 4.69) is 17.0 Å². The van der Waals surface area contributed by atoms with Crippen LogP contribution < -0.4 is 15.2 Å². The normalized spacial score (nSPS) is 26.4. The molecule has 0 aromatic heterocycles. The van der Waals surface area contributed by atoms with Crippen LogP contribution in [-0.2, 0) is 13.0 Å². The van der Waals surface area contributed by atoms with E-state index in [-0.39, 0.29) is 0 Å². The molecule has 0 bridgehead atoms. The fourth-order valence-electron chi connectivity index (χ4n) is 3.61. The van der Waals surface area contributed by atoms with E-state index in [1.165, 1.54) is 30.4 Å². The highest BCUT2D eigenvalue weighted by molar-refractivity contribution is 5.48. The van der Waals surface area contributed by atoms with Crippen molar-refractivity contribution in [3.05, 3.63) is 23.3 Å². The van der Waals surface area contributed by atoms with E-state index in [4.69, 9.17) is 15.2 Å². The lowest BCUT2D eigenvalue weighted by atomic mass is 9.96. The Morgan fingerprint density at radius 1 is 1.10 bits per heavy atom. The number of methoxy groups -OCH3 is 2. The molecule has 1 heterocycles. The van der Waals surface area contributed by atoms with Crippen molar-refractivity contribution in [2.45, 2.75) is 44.3 Å². The fraction of sp³-hybridized carbons (Fsp3) is 0.625. The molecular formula is C16H24N2O2. The molecule has 2 unspecified atom stereocenters. The molecule has 0 spiro atoms. The van der Waals surface area contributed by atoms with Crippen molar-refractivity contribution >= 4 is 0 Å². The Morgan fingerprint density at radius 2 is 1.80 bits per heavy atom. The summed E-state index contributed by atoms with van der Waals surface area (Å²) in [5, 5.41) is 0. The van der Waals surface area contributed by atoms with Gasteiger partial charge in [-0.05, 0) is 42.5 Å². The molecule has 1 aromatic rings. The first-order chi connectivity index (χ1) is 9.72. The third-order valence-electron chi connectivity index (χ3n) is 4.75. The van der Waals surface area contributed by atoms with Gasteiger partial charge >= 0.3 is 0 Å². The van der Waals surface area contributed by atoms with E-state index in [0.29, 0.717) is 12.1 Å². The first-order valence-corrected chi connectivity index (χ1v) is 7.46. The molecule has 0 radical (unpaired) electrons. The summed E-state index contributed by atoms with van der Waals surface area (Å²) in [6.45, 7) is 2.08. The van der Waals surface area contributed by atoms with E-state index in [9.17, 15) is 0 Å². The number of rotatable bonds is 3. The SMILES string of the molecule is COc1cc2c(cc1OC)CN(C1CCCC1N)CC2. The highest BCUT2D eigenvalue weighted by Gasteiger charge is 2.31. The average molecular weight is 276 g/mol. The number of benzene rings is 1. The van der Waals surface area contributed by atoms with Crippen LogP contribution in [0.2, 0.25) is 0 Å². The monoisotopic (exact) mass is 276 g/mol. The van der Waals surface area contributed by atoms with Gasteiger partial charge in [-0.25, -0.2) is 0 Å². The predicted octanol–water partition coefficient (Wildman–Crippen LogP) is 1.94. The van der Waals surface area contributed by atoms with E-state index in [1.807, 2.05) is 0 Å². The summed E-state index contributed by atoms with van der Waals surface area (Å²) in [4.78, 5) is 2.55. The lowest BCUT2D eigenvalue weighted by Crippen LogP contribution is -2.46. The van der Waals surface area contributed by atoms with Gasteiger partial charge in [0.25, 0.3) is 0 Å². The summed E-state index contributed by atoms with van der Waals surface area (Å²) < 4.78 is 10.8. The number of hydrogen-bond acceptors (Lipinski definition) is 4. The maximum Gasteiger partial charge on any atom is 0.161 e. The number of nitrogens with zero attached hydrogens (tertiary/aromatic N) is 1. The van der Waals surface area contributed by atoms with Gasteiger partial charge in [-0.2, -0.15) is 0 Å². The zero-order valence-electron chi connectivity index (χ0n) is 12.4. The van der Waals surface area contributed by atoms with Gasteiger partial charge < -0.3 is 15.2 Å². The smallest absolute Gasteiger partial charge is 0.161 e. The molecule has 1 aromatic carbocycles. The Kier molecular flexibility index (Phi) is 3.85. The minimum absolute atomic E-state index is 0.344. The Bertz CT molecular complexity index is 490. The number of hydrogen-bond donors (Lipinski definition) is 1. The Labute approximate surface area is 120 Å². The molecule has 1 fully saturated rings. The molecule has 4 heteroatoms. The maximum absolute atomic E-state index is 6.25. The van der Waals surface area contributed by atoms with Crippen LogP contribution in [0.3, 0.4) is 0 Å². The molecule has 3 rings (SSSR count). The minimum Gasteiger partial charge on any atom is -0.493 e. The van der Waals surface area contributed by atoms with Crippen molar-refractivity contribution < 1.29 is 9.47 Å². The van der Waals surface area contributed by atoms with Gasteiger partial charge in [0.1, 0.15) is 0 Å². The van der Waals surface area contributed by atoms with Gasteiger partial charge in [0.2, 0.25) is 0 Å². The summed E-state index contributed by atoms with van der Waals surface area (Å²) in [5.74, 6) is 1.65. The summed E-state index contributed by atoms with van der Waals surface area (Å²) in [6, 6.07) is 5.15. The molecule has 1 aliphatic carbocycles. The molecule has 110 valence electrons. The van der Waals surface area contributed by atoms with Crippen molar-refractivity contribution in [1.29, 1.82) is 0 Å². The van der Waals surface area contributed by atoms with Gasteiger partial charge in [0.15, 0.2) is 11.5 Å². The van der Waals surface area contributed by atoms with Crippen LogP contribution >= 0.6 is 0 Å². The standard InChI is InChI=1S/C16H24N2O2/c1-19-15-8-11-6-7-18(14-5-3-4-13(14)17)10-12(11)9-16(15)20-2/h8-9,13-14H,3-7,10,17H2,1-2H3. The molecule has 0 saturated heterocycles. The number of fused-ring (bicyclic) bond motifs is 1. The van der Waals surface area contributed by atoms with Gasteiger partial charge in [-0.15, -0.1) is 0 Å². The topological polar surface area (TPSA) is 47.7 Å². The summed E-state index contributed by atoms with van der Waals surface area (Å²) >= 11 is 0. The maximum atomic E-state index is 6.25. The third kappa shape index (κ3) is 2.38. The van der Waals surface area contributed by atoms with E-state index in [0.717, 1.165) is 31.0 Å². The minimum atomic E-state index is 0.344. The summed E-state index contributed by atoms with van der Waals surface area (Å²) in [7, 11) is 3.38. The summed E-state index contributed by atoms with van der Waals surface area (Å²) in [5.41, 5.74) is 8.98. The molecule has 1 aliphatic heterocycles. The molecule has 0 amide bonds. The van der Waals surface area contributed by atoms with Crippen LogP contribution in [0, 0.1) is 0 Å². The van der Waals surface area contributed by atoms with Crippen molar-refractivity contribution in [2.24, 2.45) is 5.73 Å². The molecule has 4 nitrogen and oxygen atoms in total. The Balaban J connectivity index is 1.83. The Morgan fingerprint density at radius 3 is 2.40 bits per heavy atom. The first-order valence-electron chi connectivity index (χ1n) is 7.46. The van der Waals surface area contributed by atoms with Gasteiger partial charge in [-0.1, -0.05) is 6.42 Å². The molecular weight excluding hydrogens is 252 g/mol. The summed E-state index contributed by atoms with van der Waals surface area (Å²) in [6.07, 6.45) is 4.74. The first kappa shape index (κ1) is 13.7. The zero-order chi connectivity index (χ0) is 14.1. The molecule has 20 heavy (non-hydrogen) atoms. The predicted molar refractivity (Wildman–Crippen MR) is 79.3 cm³/mol. The molecule has 1 saturated carbocycles. The van der Waals surface area contributed by atoms with E-state index >= 15 is 0 Å². The van der Waals surface area contributed by atoms with E-state index < -0.39 is 0 Å². The van der Waals surface area contributed by atoms with Crippen molar-refractivity contribution in [3.63, 3.8) is 0 Å². The highest BCUT2D eigenvalue weighted by atomic mass is 16.5. The fourth-order valence-corrected chi connectivity index (χ4v) is 3.61. The number of nitrogens with two attached hydrogens (primary N) is 1. The van der Waals surface area contributed by atoms with Gasteiger partial charge in [-0.3, -0.25) is 4.90 Å². The number of ether oxygens (including phenoxy) is 2. The van der Waals surface area contributed by atoms with E-state index in [1.54, 1.807) is 14.2 Å². The highest BCUT2D eigenvalue weighted by Crippen LogP contribution is 2.35. The molecule has 2 aliphatic rings.